The topological polar surface area (TPSA) is 74.6 Å². The van der Waals surface area contributed by atoms with Gasteiger partial charge in [-0.3, -0.25) is 14.5 Å². The van der Waals surface area contributed by atoms with Crippen LogP contribution in [0.1, 0.15) is 34.1 Å². The van der Waals surface area contributed by atoms with Crippen molar-refractivity contribution >= 4 is 17.5 Å². The molecule has 0 spiro atoms. The molecule has 2 N–H and O–H groups in total. The maximum atomic E-state index is 12.5. The highest BCUT2D eigenvalue weighted by Crippen LogP contribution is 2.28. The van der Waals surface area contributed by atoms with Gasteiger partial charge in [-0.15, -0.1) is 0 Å². The van der Waals surface area contributed by atoms with E-state index in [0.29, 0.717) is 5.69 Å². The van der Waals surface area contributed by atoms with E-state index in [0.717, 1.165) is 36.4 Å². The summed E-state index contributed by atoms with van der Waals surface area (Å²) >= 11 is 0. The fourth-order valence-electron chi connectivity index (χ4n) is 4.18. The van der Waals surface area contributed by atoms with E-state index in [1.165, 1.54) is 11.1 Å². The number of carbonyl (C=O) groups excluding carboxylic acids is 2. The van der Waals surface area contributed by atoms with Gasteiger partial charge in [0.2, 0.25) is 0 Å². The lowest BCUT2D eigenvalue weighted by atomic mass is 9.98. The van der Waals surface area contributed by atoms with Crippen LogP contribution < -0.4 is 10.6 Å². The number of fused-ring (bicyclic) bond motifs is 1. The normalized spacial score (nSPS) is 14.5. The molecule has 1 atom stereocenters. The number of nitrogens with zero attached hydrogens (tertiary/aromatic N) is 1. The minimum absolute atomic E-state index is 0.152. The molecule has 0 bridgehead atoms. The van der Waals surface area contributed by atoms with Crippen molar-refractivity contribution in [3.63, 3.8) is 0 Å². The maximum Gasteiger partial charge on any atom is 0.313 e. The van der Waals surface area contributed by atoms with Crippen LogP contribution in [-0.4, -0.2) is 29.8 Å². The number of nitrogens with one attached hydrogen (secondary N) is 2. The molecule has 0 fully saturated rings. The Labute approximate surface area is 182 Å². The van der Waals surface area contributed by atoms with Crippen LogP contribution in [0.5, 0.6) is 0 Å². The molecule has 160 valence electrons. The van der Waals surface area contributed by atoms with Gasteiger partial charge >= 0.3 is 11.8 Å². The Bertz CT molecular complexity index is 1060. The first-order chi connectivity index (χ1) is 15.0. The van der Waals surface area contributed by atoms with Crippen molar-refractivity contribution in [3.05, 3.63) is 88.9 Å². The van der Waals surface area contributed by atoms with E-state index in [9.17, 15) is 9.59 Å². The van der Waals surface area contributed by atoms with Crippen LogP contribution >= 0.6 is 0 Å². The monoisotopic (exact) mass is 417 g/mol. The Kier molecular flexibility index (Phi) is 6.18. The van der Waals surface area contributed by atoms with Crippen molar-refractivity contribution in [2.75, 3.05) is 18.4 Å². The summed E-state index contributed by atoms with van der Waals surface area (Å²) in [6.07, 6.45) is 2.57. The third-order valence-electron chi connectivity index (χ3n) is 5.61. The number of aryl methyl sites for hydroxylation is 2. The van der Waals surface area contributed by atoms with E-state index in [4.69, 9.17) is 4.42 Å². The minimum atomic E-state index is -0.674. The van der Waals surface area contributed by atoms with Gasteiger partial charge in [-0.25, -0.2) is 0 Å². The van der Waals surface area contributed by atoms with Crippen molar-refractivity contribution < 1.29 is 14.0 Å². The molecule has 6 heteroatoms. The highest BCUT2D eigenvalue weighted by Gasteiger charge is 2.27. The largest absolute Gasteiger partial charge is 0.468 e. The van der Waals surface area contributed by atoms with Gasteiger partial charge in [-0.05, 0) is 66.8 Å². The molecular formula is C25H27N3O3. The Morgan fingerprint density at radius 1 is 1.00 bits per heavy atom. The lowest BCUT2D eigenvalue weighted by Crippen LogP contribution is -2.43. The van der Waals surface area contributed by atoms with Gasteiger partial charge in [-0.1, -0.05) is 30.3 Å². The summed E-state index contributed by atoms with van der Waals surface area (Å²) in [6, 6.07) is 17.7. The number of amides is 2. The molecule has 1 aliphatic rings. The van der Waals surface area contributed by atoms with Gasteiger partial charge in [0.15, 0.2) is 0 Å². The standard InChI is InChI=1S/C25H27N3O3/c1-17-12-18(2)14-21(13-17)27-25(30)24(29)26-15-22(23-8-5-11-31-23)28-10-9-19-6-3-4-7-20(19)16-28/h3-8,11-14,22H,9-10,15-16H2,1-2H3,(H,26,29)(H,27,30)/t22-/m1/s1. The van der Waals surface area contributed by atoms with Gasteiger partial charge in [0, 0.05) is 25.3 Å². The van der Waals surface area contributed by atoms with Crippen LogP contribution in [0.15, 0.2) is 65.3 Å². The maximum absolute atomic E-state index is 12.5. The number of benzene rings is 2. The first-order valence-electron chi connectivity index (χ1n) is 10.5. The molecule has 2 heterocycles. The second-order valence-electron chi connectivity index (χ2n) is 8.06. The van der Waals surface area contributed by atoms with Crippen molar-refractivity contribution in [3.8, 4) is 0 Å². The Hall–Kier alpha value is -3.38. The van der Waals surface area contributed by atoms with E-state index in [1.807, 2.05) is 50.2 Å². The number of rotatable bonds is 5. The molecule has 4 rings (SSSR count). The van der Waals surface area contributed by atoms with E-state index >= 15 is 0 Å². The van der Waals surface area contributed by atoms with E-state index in [1.54, 1.807) is 6.26 Å². The Balaban J connectivity index is 1.42. The molecular weight excluding hydrogens is 390 g/mol. The lowest BCUT2D eigenvalue weighted by molar-refractivity contribution is -0.136. The molecule has 0 unspecified atom stereocenters. The highest BCUT2D eigenvalue weighted by atomic mass is 16.3. The van der Waals surface area contributed by atoms with Crippen LogP contribution in [0.4, 0.5) is 5.69 Å². The number of anilines is 1. The number of furan rings is 1. The molecule has 0 aliphatic carbocycles. The van der Waals surface area contributed by atoms with Crippen LogP contribution in [0.3, 0.4) is 0 Å². The van der Waals surface area contributed by atoms with Gasteiger partial charge < -0.3 is 15.1 Å². The minimum Gasteiger partial charge on any atom is -0.468 e. The molecule has 2 amide bonds. The fraction of sp³-hybridized carbons (Fsp3) is 0.280. The fourth-order valence-corrected chi connectivity index (χ4v) is 4.18. The molecule has 1 aromatic heterocycles. The number of hydrogen-bond donors (Lipinski definition) is 2. The summed E-state index contributed by atoms with van der Waals surface area (Å²) in [5.74, 6) is -0.560. The molecule has 31 heavy (non-hydrogen) atoms. The zero-order valence-electron chi connectivity index (χ0n) is 17.9. The summed E-state index contributed by atoms with van der Waals surface area (Å²) in [6.45, 7) is 5.81. The van der Waals surface area contributed by atoms with Crippen molar-refractivity contribution in [2.24, 2.45) is 0 Å². The molecule has 0 saturated carbocycles. The number of carbonyl (C=O) groups is 2. The van der Waals surface area contributed by atoms with Gasteiger partial charge in [-0.2, -0.15) is 0 Å². The average molecular weight is 418 g/mol. The first kappa shape index (κ1) is 20.9. The predicted octanol–water partition coefficient (Wildman–Crippen LogP) is 3.75. The SMILES string of the molecule is Cc1cc(C)cc(NC(=O)C(=O)NC[C@H](c2ccco2)N2CCc3ccccc3C2)c1. The van der Waals surface area contributed by atoms with Crippen molar-refractivity contribution in [1.82, 2.24) is 10.2 Å². The zero-order valence-corrected chi connectivity index (χ0v) is 17.9. The van der Waals surface area contributed by atoms with E-state index < -0.39 is 11.8 Å². The smallest absolute Gasteiger partial charge is 0.313 e. The lowest BCUT2D eigenvalue weighted by Gasteiger charge is -2.34. The van der Waals surface area contributed by atoms with Crippen molar-refractivity contribution in [1.29, 1.82) is 0 Å². The molecule has 2 aromatic carbocycles. The van der Waals surface area contributed by atoms with Gasteiger partial charge in [0.05, 0.1) is 12.3 Å². The van der Waals surface area contributed by atoms with Gasteiger partial charge in [0.1, 0.15) is 5.76 Å². The molecule has 6 nitrogen and oxygen atoms in total. The van der Waals surface area contributed by atoms with Crippen molar-refractivity contribution in [2.45, 2.75) is 32.9 Å². The van der Waals surface area contributed by atoms with Crippen LogP contribution in [0.25, 0.3) is 0 Å². The Morgan fingerprint density at radius 2 is 1.74 bits per heavy atom. The Morgan fingerprint density at radius 3 is 2.45 bits per heavy atom. The second kappa shape index (κ2) is 9.18. The third kappa shape index (κ3) is 5.03. The summed E-state index contributed by atoms with van der Waals surface area (Å²) in [5.41, 5.74) is 5.31. The van der Waals surface area contributed by atoms with Gasteiger partial charge in [0.25, 0.3) is 0 Å². The second-order valence-corrected chi connectivity index (χ2v) is 8.06. The summed E-state index contributed by atoms with van der Waals surface area (Å²) in [4.78, 5) is 27.2. The first-order valence-corrected chi connectivity index (χ1v) is 10.5. The van der Waals surface area contributed by atoms with E-state index in [2.05, 4.69) is 33.7 Å². The molecule has 3 aromatic rings. The quantitative estimate of drug-likeness (QED) is 0.620. The zero-order chi connectivity index (χ0) is 21.8. The average Bonchev–Trinajstić information content (AvgIpc) is 3.27. The molecule has 1 aliphatic heterocycles. The van der Waals surface area contributed by atoms with Crippen LogP contribution in [-0.2, 0) is 22.6 Å². The third-order valence-corrected chi connectivity index (χ3v) is 5.61. The van der Waals surface area contributed by atoms with Crippen LogP contribution in [0, 0.1) is 13.8 Å². The summed E-state index contributed by atoms with van der Waals surface area (Å²) < 4.78 is 5.66. The number of hydrogen-bond acceptors (Lipinski definition) is 4. The predicted molar refractivity (Wildman–Crippen MR) is 120 cm³/mol. The van der Waals surface area contributed by atoms with E-state index in [-0.39, 0.29) is 12.6 Å². The summed E-state index contributed by atoms with van der Waals surface area (Å²) in [5, 5.41) is 5.48. The molecule has 0 saturated heterocycles. The molecule has 0 radical (unpaired) electrons. The summed E-state index contributed by atoms with van der Waals surface area (Å²) in [7, 11) is 0. The highest BCUT2D eigenvalue weighted by molar-refractivity contribution is 6.39. The van der Waals surface area contributed by atoms with Crippen LogP contribution in [0.2, 0.25) is 0 Å².